The molecule has 1 aliphatic rings. The van der Waals surface area contributed by atoms with E-state index < -0.39 is 5.92 Å². The molecule has 192 valence electrons. The van der Waals surface area contributed by atoms with Gasteiger partial charge in [-0.2, -0.15) is 0 Å². The molecule has 0 radical (unpaired) electrons. The molecule has 2 N–H and O–H groups in total. The first kappa shape index (κ1) is 25.3. The van der Waals surface area contributed by atoms with Gasteiger partial charge in [0.15, 0.2) is 5.78 Å². The predicted molar refractivity (Wildman–Crippen MR) is 140 cm³/mol. The average molecular weight is 506 g/mol. The normalized spacial score (nSPS) is 17.9. The van der Waals surface area contributed by atoms with E-state index in [0.29, 0.717) is 43.4 Å². The lowest BCUT2D eigenvalue weighted by Gasteiger charge is -2.24. The summed E-state index contributed by atoms with van der Waals surface area (Å²) in [7, 11) is 0. The van der Waals surface area contributed by atoms with Crippen molar-refractivity contribution < 1.29 is 22.4 Å². The zero-order valence-corrected chi connectivity index (χ0v) is 20.6. The number of furan rings is 1. The summed E-state index contributed by atoms with van der Waals surface area (Å²) in [5.74, 6) is -2.64. The number of rotatable bonds is 6. The number of Topliss-reactive ketones (excluding diaryl/α,β-unsaturated/α-hetero) is 1. The van der Waals surface area contributed by atoms with Gasteiger partial charge >= 0.3 is 0 Å². The molecular formula is C31H30F3NO2. The number of halogens is 3. The van der Waals surface area contributed by atoms with E-state index >= 15 is 0 Å². The van der Waals surface area contributed by atoms with Crippen LogP contribution >= 0.6 is 0 Å². The zero-order chi connectivity index (χ0) is 26.0. The smallest absolute Gasteiger partial charge is 0.248 e. The standard InChI is InChI=1S/C31H30F3NO2/c32-26-10-8-21(9-11-26)28-19-24(17-25-18-27(13-16-35)37-30(25)28)20-4-6-23(7-5-20)29(36)22-3-1-2-14-31(33,34)15-12-22/h4-11,17-19,22H,1-3,12-16,35H2. The summed E-state index contributed by atoms with van der Waals surface area (Å²) in [5.41, 5.74) is 10.5. The SMILES string of the molecule is NCCc1cc2cc(-c3ccc(C(=O)C4CCCCC(F)(F)CC4)cc3)cc(-c3ccc(F)cc3)c2o1. The minimum absolute atomic E-state index is 0.0621. The Kier molecular flexibility index (Phi) is 7.20. The van der Waals surface area contributed by atoms with Crippen molar-refractivity contribution in [3.63, 3.8) is 0 Å². The average Bonchev–Trinajstić information content (AvgIpc) is 3.29. The Bertz CT molecular complexity index is 1390. The number of carbonyl (C=O) groups is 1. The molecule has 1 aromatic heterocycles. The molecule has 3 aromatic carbocycles. The predicted octanol–water partition coefficient (Wildman–Crippen LogP) is 8.20. The van der Waals surface area contributed by atoms with Gasteiger partial charge in [0, 0.05) is 41.7 Å². The highest BCUT2D eigenvalue weighted by Crippen LogP contribution is 2.37. The lowest BCUT2D eigenvalue weighted by molar-refractivity contribution is -0.0277. The van der Waals surface area contributed by atoms with Crippen molar-refractivity contribution in [2.75, 3.05) is 6.54 Å². The van der Waals surface area contributed by atoms with Gasteiger partial charge < -0.3 is 10.2 Å². The van der Waals surface area contributed by atoms with Gasteiger partial charge in [0.1, 0.15) is 17.2 Å². The largest absolute Gasteiger partial charge is 0.460 e. The summed E-state index contributed by atoms with van der Waals surface area (Å²) in [6.07, 6.45) is 2.26. The molecule has 6 heteroatoms. The van der Waals surface area contributed by atoms with Crippen LogP contribution in [0.25, 0.3) is 33.2 Å². The van der Waals surface area contributed by atoms with Crippen LogP contribution in [0, 0.1) is 11.7 Å². The van der Waals surface area contributed by atoms with Crippen molar-refractivity contribution in [2.45, 2.75) is 50.9 Å². The van der Waals surface area contributed by atoms with Gasteiger partial charge in [0.05, 0.1) is 0 Å². The summed E-state index contributed by atoms with van der Waals surface area (Å²) < 4.78 is 47.5. The van der Waals surface area contributed by atoms with Crippen LogP contribution in [-0.2, 0) is 6.42 Å². The van der Waals surface area contributed by atoms with Crippen LogP contribution in [0.3, 0.4) is 0 Å². The molecule has 0 aliphatic heterocycles. The quantitative estimate of drug-likeness (QED) is 0.269. The third-order valence-corrected chi connectivity index (χ3v) is 7.29. The number of carbonyl (C=O) groups excluding carboxylic acids is 1. The highest BCUT2D eigenvalue weighted by Gasteiger charge is 2.33. The third kappa shape index (κ3) is 5.64. The highest BCUT2D eigenvalue weighted by molar-refractivity contribution is 5.99. The number of alkyl halides is 2. The number of nitrogens with two attached hydrogens (primary N) is 1. The minimum Gasteiger partial charge on any atom is -0.460 e. The number of ketones is 1. The molecule has 1 unspecified atom stereocenters. The second kappa shape index (κ2) is 10.5. The fourth-order valence-electron chi connectivity index (χ4n) is 5.24. The van der Waals surface area contributed by atoms with E-state index in [2.05, 4.69) is 0 Å². The van der Waals surface area contributed by atoms with Gasteiger partial charge in [-0.05, 0) is 72.8 Å². The van der Waals surface area contributed by atoms with Crippen LogP contribution in [0.4, 0.5) is 13.2 Å². The molecule has 1 heterocycles. The summed E-state index contributed by atoms with van der Waals surface area (Å²) in [4.78, 5) is 13.1. The van der Waals surface area contributed by atoms with E-state index in [1.807, 2.05) is 30.3 Å². The Morgan fingerprint density at radius 3 is 2.35 bits per heavy atom. The van der Waals surface area contributed by atoms with Gasteiger partial charge in [0.25, 0.3) is 0 Å². The van der Waals surface area contributed by atoms with Crippen LogP contribution in [0.1, 0.15) is 54.6 Å². The van der Waals surface area contributed by atoms with Crippen LogP contribution in [0.5, 0.6) is 0 Å². The van der Waals surface area contributed by atoms with Gasteiger partial charge in [0.2, 0.25) is 5.92 Å². The Hall–Kier alpha value is -3.38. The lowest BCUT2D eigenvalue weighted by atomic mass is 9.84. The molecule has 1 saturated carbocycles. The van der Waals surface area contributed by atoms with E-state index in [1.165, 1.54) is 12.1 Å². The van der Waals surface area contributed by atoms with Gasteiger partial charge in [-0.3, -0.25) is 4.79 Å². The number of hydrogen-bond donors (Lipinski definition) is 1. The van der Waals surface area contributed by atoms with E-state index in [9.17, 15) is 18.0 Å². The van der Waals surface area contributed by atoms with E-state index in [-0.39, 0.29) is 36.8 Å². The second-order valence-electron chi connectivity index (χ2n) is 9.98. The summed E-state index contributed by atoms with van der Waals surface area (Å²) in [6, 6.07) is 19.6. The monoisotopic (exact) mass is 505 g/mol. The molecule has 5 rings (SSSR count). The summed E-state index contributed by atoms with van der Waals surface area (Å²) in [6.45, 7) is 0.465. The molecule has 1 aliphatic carbocycles. The maximum absolute atomic E-state index is 13.9. The zero-order valence-electron chi connectivity index (χ0n) is 20.6. The fraction of sp³-hybridized carbons (Fsp3) is 0.323. The summed E-state index contributed by atoms with van der Waals surface area (Å²) >= 11 is 0. The Morgan fingerprint density at radius 1 is 0.892 bits per heavy atom. The molecule has 0 bridgehead atoms. The van der Waals surface area contributed by atoms with Gasteiger partial charge in [-0.25, -0.2) is 13.2 Å². The topological polar surface area (TPSA) is 56.2 Å². The van der Waals surface area contributed by atoms with Crippen LogP contribution in [0.15, 0.2) is 71.1 Å². The summed E-state index contributed by atoms with van der Waals surface area (Å²) in [5, 5.41) is 0.913. The molecule has 1 fully saturated rings. The molecule has 4 aromatic rings. The molecule has 37 heavy (non-hydrogen) atoms. The van der Waals surface area contributed by atoms with Gasteiger partial charge in [-0.15, -0.1) is 0 Å². The van der Waals surface area contributed by atoms with Crippen molar-refractivity contribution in [1.82, 2.24) is 0 Å². The Morgan fingerprint density at radius 2 is 1.62 bits per heavy atom. The third-order valence-electron chi connectivity index (χ3n) is 7.29. The Labute approximate surface area is 214 Å². The van der Waals surface area contributed by atoms with Crippen LogP contribution < -0.4 is 5.73 Å². The fourth-order valence-corrected chi connectivity index (χ4v) is 5.24. The van der Waals surface area contributed by atoms with Crippen LogP contribution in [0.2, 0.25) is 0 Å². The molecule has 1 atom stereocenters. The highest BCUT2D eigenvalue weighted by atomic mass is 19.3. The van der Waals surface area contributed by atoms with E-state index in [1.54, 1.807) is 24.3 Å². The maximum Gasteiger partial charge on any atom is 0.248 e. The lowest BCUT2D eigenvalue weighted by Crippen LogP contribution is -2.24. The molecule has 0 spiro atoms. The Balaban J connectivity index is 1.46. The first-order chi connectivity index (χ1) is 17.8. The van der Waals surface area contributed by atoms with E-state index in [0.717, 1.165) is 33.4 Å². The van der Waals surface area contributed by atoms with E-state index in [4.69, 9.17) is 10.2 Å². The van der Waals surface area contributed by atoms with Crippen molar-refractivity contribution in [2.24, 2.45) is 11.7 Å². The van der Waals surface area contributed by atoms with Crippen LogP contribution in [-0.4, -0.2) is 18.3 Å². The van der Waals surface area contributed by atoms with Crippen molar-refractivity contribution >= 4 is 16.8 Å². The number of benzene rings is 3. The first-order valence-electron chi connectivity index (χ1n) is 12.9. The number of hydrogen-bond acceptors (Lipinski definition) is 3. The van der Waals surface area contributed by atoms with Gasteiger partial charge in [-0.1, -0.05) is 42.8 Å². The molecular weight excluding hydrogens is 475 g/mol. The molecule has 0 saturated heterocycles. The maximum atomic E-state index is 13.9. The van der Waals surface area contributed by atoms with Crippen molar-refractivity contribution in [3.8, 4) is 22.3 Å². The van der Waals surface area contributed by atoms with Crippen molar-refractivity contribution in [1.29, 1.82) is 0 Å². The first-order valence-corrected chi connectivity index (χ1v) is 12.9. The minimum atomic E-state index is -2.68. The second-order valence-corrected chi connectivity index (χ2v) is 9.98. The molecule has 3 nitrogen and oxygen atoms in total. The number of fused-ring (bicyclic) bond motifs is 1. The molecule has 0 amide bonds. The van der Waals surface area contributed by atoms with Crippen molar-refractivity contribution in [3.05, 3.63) is 83.9 Å².